The van der Waals surface area contributed by atoms with Gasteiger partial charge in [-0.2, -0.15) is 5.10 Å². The van der Waals surface area contributed by atoms with E-state index in [1.54, 1.807) is 18.5 Å². The van der Waals surface area contributed by atoms with E-state index in [-0.39, 0.29) is 5.75 Å². The van der Waals surface area contributed by atoms with Crippen LogP contribution in [0.1, 0.15) is 0 Å². The van der Waals surface area contributed by atoms with Crippen LogP contribution < -0.4 is 9.64 Å². The monoisotopic (exact) mass is 474 g/mol. The van der Waals surface area contributed by atoms with Gasteiger partial charge in [0.1, 0.15) is 0 Å². The second-order valence-electron chi connectivity index (χ2n) is 7.71. The molecule has 10 nitrogen and oxygen atoms in total. The number of aromatic nitrogens is 5. The van der Waals surface area contributed by atoms with Gasteiger partial charge in [0.25, 0.3) is 0 Å². The number of pyridine rings is 1. The van der Waals surface area contributed by atoms with Gasteiger partial charge in [-0.1, -0.05) is 12.1 Å². The number of thiophene rings is 1. The minimum Gasteiger partial charge on any atom is -0.449 e. The Morgan fingerprint density at radius 1 is 1.15 bits per heavy atom. The third kappa shape index (κ3) is 3.70. The van der Waals surface area contributed by atoms with E-state index in [0.717, 1.165) is 56.0 Å². The Labute approximate surface area is 196 Å². The number of morpholine rings is 1. The molecule has 1 aliphatic heterocycles. The lowest BCUT2D eigenvalue weighted by atomic mass is 10.1. The van der Waals surface area contributed by atoms with Gasteiger partial charge in [0.05, 0.1) is 41.3 Å². The first-order chi connectivity index (χ1) is 16.7. The van der Waals surface area contributed by atoms with Crippen molar-refractivity contribution in [1.29, 1.82) is 0 Å². The van der Waals surface area contributed by atoms with E-state index >= 15 is 0 Å². The number of ether oxygens (including phenoxy) is 2. The molecule has 0 radical (unpaired) electrons. The van der Waals surface area contributed by atoms with Crippen LogP contribution in [0.5, 0.6) is 5.75 Å². The minimum atomic E-state index is -1.38. The standard InChI is InChI=1S/C23H18N6O4S/c30-23(31)33-14-8-13(10-24-11-14)19-9-18-20(34-19)22(29-4-6-32-7-5-29)27-21(26-18)15-2-1-3-17-16(15)12-25-28-17/h1-3,8-12H,4-7H2,(H,25,28)(H,30,31). The molecule has 5 aromatic rings. The van der Waals surface area contributed by atoms with Gasteiger partial charge >= 0.3 is 6.16 Å². The third-order valence-electron chi connectivity index (χ3n) is 5.59. The van der Waals surface area contributed by atoms with Crippen molar-refractivity contribution in [3.8, 4) is 27.6 Å². The van der Waals surface area contributed by atoms with Crippen LogP contribution in [-0.2, 0) is 4.74 Å². The molecule has 4 aromatic heterocycles. The Morgan fingerprint density at radius 2 is 2.03 bits per heavy atom. The number of anilines is 1. The first kappa shape index (κ1) is 20.5. The lowest BCUT2D eigenvalue weighted by Crippen LogP contribution is -2.36. The lowest BCUT2D eigenvalue weighted by molar-refractivity contribution is 0.122. The van der Waals surface area contributed by atoms with Crippen LogP contribution in [0.25, 0.3) is 42.9 Å². The van der Waals surface area contributed by atoms with E-state index in [1.165, 1.54) is 17.5 Å². The highest BCUT2D eigenvalue weighted by Gasteiger charge is 2.21. The zero-order valence-corrected chi connectivity index (χ0v) is 18.6. The van der Waals surface area contributed by atoms with Crippen LogP contribution in [-0.4, -0.2) is 62.7 Å². The van der Waals surface area contributed by atoms with Crippen molar-refractivity contribution in [2.75, 3.05) is 31.2 Å². The molecular weight excluding hydrogens is 456 g/mol. The summed E-state index contributed by atoms with van der Waals surface area (Å²) in [6.07, 6.45) is 3.45. The summed E-state index contributed by atoms with van der Waals surface area (Å²) in [6, 6.07) is 9.55. The van der Waals surface area contributed by atoms with E-state index in [9.17, 15) is 4.79 Å². The maximum absolute atomic E-state index is 10.9. The Balaban J connectivity index is 1.52. The average Bonchev–Trinajstić information content (AvgIpc) is 3.51. The van der Waals surface area contributed by atoms with Crippen LogP contribution in [0.3, 0.4) is 0 Å². The highest BCUT2D eigenvalue weighted by Crippen LogP contribution is 2.40. The zero-order chi connectivity index (χ0) is 23.1. The molecule has 1 aliphatic rings. The zero-order valence-electron chi connectivity index (χ0n) is 17.8. The summed E-state index contributed by atoms with van der Waals surface area (Å²) in [4.78, 5) is 28.1. The fraction of sp³-hybridized carbons (Fsp3) is 0.174. The van der Waals surface area contributed by atoms with Gasteiger partial charge in [0, 0.05) is 40.7 Å². The van der Waals surface area contributed by atoms with Gasteiger partial charge in [0.2, 0.25) is 0 Å². The van der Waals surface area contributed by atoms with Crippen molar-refractivity contribution in [1.82, 2.24) is 25.1 Å². The molecule has 170 valence electrons. The Kier molecular flexibility index (Phi) is 5.04. The van der Waals surface area contributed by atoms with E-state index < -0.39 is 6.16 Å². The molecular formula is C23H18N6O4S. The summed E-state index contributed by atoms with van der Waals surface area (Å²) in [5, 5.41) is 17.1. The Morgan fingerprint density at radius 3 is 2.88 bits per heavy atom. The number of hydrogen-bond acceptors (Lipinski definition) is 9. The number of carbonyl (C=O) groups is 1. The molecule has 0 amide bonds. The number of hydrogen-bond donors (Lipinski definition) is 2. The summed E-state index contributed by atoms with van der Waals surface area (Å²) in [7, 11) is 0. The summed E-state index contributed by atoms with van der Waals surface area (Å²) >= 11 is 1.54. The van der Waals surface area contributed by atoms with E-state index in [0.29, 0.717) is 19.0 Å². The van der Waals surface area contributed by atoms with Crippen molar-refractivity contribution in [3.63, 3.8) is 0 Å². The van der Waals surface area contributed by atoms with E-state index in [4.69, 9.17) is 24.5 Å². The number of fused-ring (bicyclic) bond motifs is 2. The van der Waals surface area contributed by atoms with Crippen LogP contribution in [0, 0.1) is 0 Å². The number of aromatic amines is 1. The molecule has 11 heteroatoms. The molecule has 34 heavy (non-hydrogen) atoms. The molecule has 6 rings (SSSR count). The second kappa shape index (κ2) is 8.36. The molecule has 0 atom stereocenters. The molecule has 5 heterocycles. The maximum atomic E-state index is 10.9. The molecule has 2 N–H and O–H groups in total. The Bertz CT molecular complexity index is 1520. The predicted molar refractivity (Wildman–Crippen MR) is 127 cm³/mol. The van der Waals surface area contributed by atoms with Gasteiger partial charge in [-0.05, 0) is 18.2 Å². The van der Waals surface area contributed by atoms with Crippen molar-refractivity contribution < 1.29 is 19.4 Å². The molecule has 1 aromatic carbocycles. The van der Waals surface area contributed by atoms with E-state index in [1.807, 2.05) is 24.3 Å². The topological polar surface area (TPSA) is 126 Å². The fourth-order valence-electron chi connectivity index (χ4n) is 4.04. The lowest BCUT2D eigenvalue weighted by Gasteiger charge is -2.28. The fourth-order valence-corrected chi connectivity index (χ4v) is 5.14. The normalized spacial score (nSPS) is 14.1. The minimum absolute atomic E-state index is 0.161. The largest absolute Gasteiger partial charge is 0.511 e. The van der Waals surface area contributed by atoms with Crippen LogP contribution in [0.4, 0.5) is 10.6 Å². The van der Waals surface area contributed by atoms with Gasteiger partial charge in [-0.15, -0.1) is 11.3 Å². The van der Waals surface area contributed by atoms with Gasteiger partial charge < -0.3 is 19.5 Å². The molecule has 0 saturated carbocycles. The maximum Gasteiger partial charge on any atom is 0.511 e. The van der Waals surface area contributed by atoms with Crippen molar-refractivity contribution in [3.05, 3.63) is 48.9 Å². The van der Waals surface area contributed by atoms with Gasteiger partial charge in [0.15, 0.2) is 17.4 Å². The summed E-state index contributed by atoms with van der Waals surface area (Å²) in [5.41, 5.74) is 3.36. The van der Waals surface area contributed by atoms with Crippen molar-refractivity contribution >= 4 is 44.4 Å². The first-order valence-electron chi connectivity index (χ1n) is 10.6. The number of benzene rings is 1. The molecule has 0 aliphatic carbocycles. The van der Waals surface area contributed by atoms with Gasteiger partial charge in [-0.25, -0.2) is 14.8 Å². The SMILES string of the molecule is O=C(O)Oc1cncc(-c2cc3nc(-c4cccc5[nH]ncc45)nc(N4CCOCC4)c3s2)c1. The highest BCUT2D eigenvalue weighted by atomic mass is 32.1. The first-order valence-corrected chi connectivity index (χ1v) is 11.4. The van der Waals surface area contributed by atoms with E-state index in [2.05, 4.69) is 20.1 Å². The van der Waals surface area contributed by atoms with Crippen LogP contribution >= 0.6 is 11.3 Å². The quantitative estimate of drug-likeness (QED) is 0.369. The number of H-pyrrole nitrogens is 1. The van der Waals surface area contributed by atoms with Crippen LogP contribution in [0.2, 0.25) is 0 Å². The van der Waals surface area contributed by atoms with Crippen LogP contribution in [0.15, 0.2) is 48.9 Å². The average molecular weight is 475 g/mol. The number of nitrogens with one attached hydrogen (secondary N) is 1. The Hall–Kier alpha value is -4.09. The third-order valence-corrected chi connectivity index (χ3v) is 6.76. The molecule has 0 unspecified atom stereocenters. The second-order valence-corrected chi connectivity index (χ2v) is 8.76. The predicted octanol–water partition coefficient (Wildman–Crippen LogP) is 4.19. The number of rotatable bonds is 4. The summed E-state index contributed by atoms with van der Waals surface area (Å²) in [5.74, 6) is 1.63. The smallest absolute Gasteiger partial charge is 0.449 e. The molecule has 0 bridgehead atoms. The van der Waals surface area contributed by atoms with Crippen molar-refractivity contribution in [2.24, 2.45) is 0 Å². The summed E-state index contributed by atoms with van der Waals surface area (Å²) in [6.45, 7) is 2.74. The molecule has 1 saturated heterocycles. The van der Waals surface area contributed by atoms with Gasteiger partial charge in [-0.3, -0.25) is 10.1 Å². The molecule has 0 spiro atoms. The molecule has 1 fully saturated rings. The summed E-state index contributed by atoms with van der Waals surface area (Å²) < 4.78 is 11.3. The number of carboxylic acid groups (broad SMARTS) is 1. The van der Waals surface area contributed by atoms with Crippen molar-refractivity contribution in [2.45, 2.75) is 0 Å². The highest BCUT2D eigenvalue weighted by molar-refractivity contribution is 7.22. The number of nitrogens with zero attached hydrogens (tertiary/aromatic N) is 5.